The average Bonchev–Trinajstić information content (AvgIpc) is 3.04. The molecular formula is C17H22N4OS2. The molecule has 0 aliphatic heterocycles. The van der Waals surface area contributed by atoms with Gasteiger partial charge in [0, 0.05) is 19.6 Å². The summed E-state index contributed by atoms with van der Waals surface area (Å²) in [6.45, 7) is 9.77. The summed E-state index contributed by atoms with van der Waals surface area (Å²) in [4.78, 5) is 14.0. The summed E-state index contributed by atoms with van der Waals surface area (Å²) in [5, 5.41) is 12.3. The van der Waals surface area contributed by atoms with Gasteiger partial charge in [0.1, 0.15) is 0 Å². The SMILES string of the molecule is C=C(C)CN(CC)C(=O)CSc1nnc(NCc2ccccc2)s1. The maximum absolute atomic E-state index is 12.2. The van der Waals surface area contributed by atoms with Gasteiger partial charge >= 0.3 is 0 Å². The topological polar surface area (TPSA) is 58.1 Å². The molecule has 1 aromatic carbocycles. The third-order valence-corrected chi connectivity index (χ3v) is 5.21. The lowest BCUT2D eigenvalue weighted by Crippen LogP contribution is -2.33. The largest absolute Gasteiger partial charge is 0.356 e. The number of thioether (sulfide) groups is 1. The maximum Gasteiger partial charge on any atom is 0.233 e. The van der Waals surface area contributed by atoms with E-state index in [0.717, 1.165) is 15.0 Å². The number of hydrogen-bond donors (Lipinski definition) is 1. The van der Waals surface area contributed by atoms with Crippen LogP contribution >= 0.6 is 23.1 Å². The molecule has 1 amide bonds. The first-order valence-corrected chi connectivity index (χ1v) is 9.55. The van der Waals surface area contributed by atoms with Crippen molar-refractivity contribution in [3.05, 3.63) is 48.0 Å². The molecule has 0 spiro atoms. The van der Waals surface area contributed by atoms with Crippen LogP contribution in [-0.2, 0) is 11.3 Å². The van der Waals surface area contributed by atoms with Crippen LogP contribution in [0.15, 0.2) is 46.8 Å². The first-order chi connectivity index (χ1) is 11.6. The predicted octanol–water partition coefficient (Wildman–Crippen LogP) is 3.67. The molecule has 0 atom stereocenters. The third kappa shape index (κ3) is 5.98. The van der Waals surface area contributed by atoms with Crippen LogP contribution in [0.3, 0.4) is 0 Å². The van der Waals surface area contributed by atoms with E-state index < -0.39 is 0 Å². The van der Waals surface area contributed by atoms with Gasteiger partial charge in [0.05, 0.1) is 5.75 Å². The lowest BCUT2D eigenvalue weighted by molar-refractivity contribution is -0.127. The molecular weight excluding hydrogens is 340 g/mol. The van der Waals surface area contributed by atoms with Gasteiger partial charge in [0.15, 0.2) is 4.34 Å². The van der Waals surface area contributed by atoms with Crippen LogP contribution in [0.5, 0.6) is 0 Å². The van der Waals surface area contributed by atoms with E-state index in [1.54, 1.807) is 4.90 Å². The predicted molar refractivity (Wildman–Crippen MR) is 101 cm³/mol. The number of carbonyl (C=O) groups excluding carboxylic acids is 1. The van der Waals surface area contributed by atoms with E-state index in [-0.39, 0.29) is 5.91 Å². The van der Waals surface area contributed by atoms with E-state index in [4.69, 9.17) is 0 Å². The van der Waals surface area contributed by atoms with Gasteiger partial charge < -0.3 is 10.2 Å². The summed E-state index contributed by atoms with van der Waals surface area (Å²) in [6.07, 6.45) is 0. The molecule has 7 heteroatoms. The monoisotopic (exact) mass is 362 g/mol. The quantitative estimate of drug-likeness (QED) is 0.545. The van der Waals surface area contributed by atoms with Crippen LogP contribution < -0.4 is 5.32 Å². The molecule has 2 rings (SSSR count). The second-order valence-corrected chi connectivity index (χ2v) is 7.57. The molecule has 0 aliphatic rings. The first-order valence-electron chi connectivity index (χ1n) is 7.74. The molecule has 0 saturated heterocycles. The van der Waals surface area contributed by atoms with Gasteiger partial charge in [-0.3, -0.25) is 4.79 Å². The molecule has 24 heavy (non-hydrogen) atoms. The summed E-state index contributed by atoms with van der Waals surface area (Å²) >= 11 is 2.89. The van der Waals surface area contributed by atoms with E-state index in [0.29, 0.717) is 25.4 Å². The van der Waals surface area contributed by atoms with Crippen molar-refractivity contribution in [3.63, 3.8) is 0 Å². The number of anilines is 1. The van der Waals surface area contributed by atoms with Crippen LogP contribution in [0.1, 0.15) is 19.4 Å². The summed E-state index contributed by atoms with van der Waals surface area (Å²) in [5.74, 6) is 0.466. The molecule has 0 saturated carbocycles. The zero-order valence-electron chi connectivity index (χ0n) is 14.0. The van der Waals surface area contributed by atoms with Crippen LogP contribution in [0, 0.1) is 0 Å². The number of rotatable bonds is 9. The zero-order chi connectivity index (χ0) is 17.4. The Bertz CT molecular complexity index is 672. The van der Waals surface area contributed by atoms with Crippen molar-refractivity contribution >= 4 is 34.1 Å². The lowest BCUT2D eigenvalue weighted by atomic mass is 10.2. The van der Waals surface area contributed by atoms with Crippen molar-refractivity contribution in [1.82, 2.24) is 15.1 Å². The first kappa shape index (κ1) is 18.5. The Morgan fingerprint density at radius 1 is 1.33 bits per heavy atom. The van der Waals surface area contributed by atoms with Gasteiger partial charge in [-0.1, -0.05) is 65.6 Å². The molecule has 128 valence electrons. The van der Waals surface area contributed by atoms with Crippen LogP contribution in [0.2, 0.25) is 0 Å². The summed E-state index contributed by atoms with van der Waals surface area (Å²) in [7, 11) is 0. The molecule has 2 aromatic rings. The molecule has 1 N–H and O–H groups in total. The number of hydrogen-bond acceptors (Lipinski definition) is 6. The second kappa shape index (κ2) is 9.44. The second-order valence-electron chi connectivity index (χ2n) is 5.37. The fourth-order valence-corrected chi connectivity index (χ4v) is 3.68. The minimum Gasteiger partial charge on any atom is -0.356 e. The fourth-order valence-electron chi connectivity index (χ4n) is 2.03. The molecule has 1 heterocycles. The zero-order valence-corrected chi connectivity index (χ0v) is 15.6. The van der Waals surface area contributed by atoms with Crippen molar-refractivity contribution in [2.75, 3.05) is 24.2 Å². The number of nitrogens with one attached hydrogen (secondary N) is 1. The normalized spacial score (nSPS) is 10.4. The smallest absolute Gasteiger partial charge is 0.233 e. The number of amides is 1. The Kier molecular flexibility index (Phi) is 7.27. The average molecular weight is 363 g/mol. The molecule has 1 aromatic heterocycles. The highest BCUT2D eigenvalue weighted by Crippen LogP contribution is 2.26. The summed E-state index contributed by atoms with van der Waals surface area (Å²) in [6, 6.07) is 10.1. The van der Waals surface area contributed by atoms with Crippen molar-refractivity contribution in [3.8, 4) is 0 Å². The highest BCUT2D eigenvalue weighted by molar-refractivity contribution is 8.01. The highest BCUT2D eigenvalue weighted by atomic mass is 32.2. The van der Waals surface area contributed by atoms with Crippen LogP contribution in [0.4, 0.5) is 5.13 Å². The van der Waals surface area contributed by atoms with Crippen LogP contribution in [-0.4, -0.2) is 39.8 Å². The number of likely N-dealkylation sites (N-methyl/N-ethyl adjacent to an activating group) is 1. The standard InChI is InChI=1S/C17H22N4OS2/c1-4-21(11-13(2)3)15(22)12-23-17-20-19-16(24-17)18-10-14-8-6-5-7-9-14/h5-9H,2,4,10-12H2,1,3H3,(H,18,19). The summed E-state index contributed by atoms with van der Waals surface area (Å²) in [5.41, 5.74) is 2.17. The number of aromatic nitrogens is 2. The molecule has 0 aliphatic carbocycles. The van der Waals surface area contributed by atoms with Gasteiger partial charge in [0.2, 0.25) is 11.0 Å². The molecule has 0 fully saturated rings. The van der Waals surface area contributed by atoms with Gasteiger partial charge in [-0.05, 0) is 19.4 Å². The Balaban J connectivity index is 1.80. The Labute approximate surface area is 151 Å². The van der Waals surface area contributed by atoms with E-state index in [1.807, 2.05) is 32.0 Å². The molecule has 0 unspecified atom stereocenters. The third-order valence-electron chi connectivity index (χ3n) is 3.21. The van der Waals surface area contributed by atoms with Crippen molar-refractivity contribution in [1.29, 1.82) is 0 Å². The van der Waals surface area contributed by atoms with Crippen molar-refractivity contribution in [2.24, 2.45) is 0 Å². The van der Waals surface area contributed by atoms with E-state index in [9.17, 15) is 4.79 Å². The van der Waals surface area contributed by atoms with E-state index in [1.165, 1.54) is 28.7 Å². The van der Waals surface area contributed by atoms with Crippen molar-refractivity contribution in [2.45, 2.75) is 24.7 Å². The lowest BCUT2D eigenvalue weighted by Gasteiger charge is -2.20. The Hall–Kier alpha value is -1.86. The minimum absolute atomic E-state index is 0.0968. The fraction of sp³-hybridized carbons (Fsp3) is 0.353. The van der Waals surface area contributed by atoms with E-state index in [2.05, 4.69) is 34.2 Å². The van der Waals surface area contributed by atoms with Gasteiger partial charge in [-0.25, -0.2) is 0 Å². The number of carbonyl (C=O) groups is 1. The molecule has 0 bridgehead atoms. The van der Waals surface area contributed by atoms with Gasteiger partial charge in [0.25, 0.3) is 0 Å². The van der Waals surface area contributed by atoms with Crippen LogP contribution in [0.25, 0.3) is 0 Å². The molecule has 5 nitrogen and oxygen atoms in total. The number of nitrogens with zero attached hydrogens (tertiary/aromatic N) is 3. The maximum atomic E-state index is 12.2. The van der Waals surface area contributed by atoms with Crippen molar-refractivity contribution < 1.29 is 4.79 Å². The number of benzene rings is 1. The highest BCUT2D eigenvalue weighted by Gasteiger charge is 2.13. The van der Waals surface area contributed by atoms with E-state index >= 15 is 0 Å². The Morgan fingerprint density at radius 3 is 2.75 bits per heavy atom. The minimum atomic E-state index is 0.0968. The van der Waals surface area contributed by atoms with Gasteiger partial charge in [-0.15, -0.1) is 10.2 Å². The molecule has 0 radical (unpaired) electrons. The Morgan fingerprint density at radius 2 is 2.08 bits per heavy atom. The van der Waals surface area contributed by atoms with Gasteiger partial charge in [-0.2, -0.15) is 0 Å². The summed E-state index contributed by atoms with van der Waals surface area (Å²) < 4.78 is 0.797.